The maximum atomic E-state index is 12.6. The molecule has 0 atom stereocenters. The van der Waals surface area contributed by atoms with E-state index in [-0.39, 0.29) is 5.56 Å². The van der Waals surface area contributed by atoms with Crippen LogP contribution >= 0.6 is 11.3 Å². The van der Waals surface area contributed by atoms with E-state index in [1.807, 2.05) is 12.1 Å². The third-order valence-corrected chi connectivity index (χ3v) is 6.97. The van der Waals surface area contributed by atoms with E-state index >= 15 is 0 Å². The van der Waals surface area contributed by atoms with Crippen molar-refractivity contribution in [2.45, 2.75) is 39.0 Å². The Hall–Kier alpha value is -2.42. The van der Waals surface area contributed by atoms with Crippen molar-refractivity contribution in [2.24, 2.45) is 5.92 Å². The molecule has 30 heavy (non-hydrogen) atoms. The molecular formula is C22H25N5O2S. The highest BCUT2D eigenvalue weighted by atomic mass is 32.1. The van der Waals surface area contributed by atoms with Gasteiger partial charge in [-0.25, -0.2) is 9.97 Å². The first-order valence-corrected chi connectivity index (χ1v) is 11.3. The second-order valence-corrected chi connectivity index (χ2v) is 9.17. The number of thiazole rings is 1. The summed E-state index contributed by atoms with van der Waals surface area (Å²) < 4.78 is 7.28. The first-order valence-electron chi connectivity index (χ1n) is 10.5. The molecule has 1 saturated heterocycles. The van der Waals surface area contributed by atoms with Crippen LogP contribution in [0, 0.1) is 5.92 Å². The maximum absolute atomic E-state index is 12.6. The second-order valence-electron chi connectivity index (χ2n) is 8.00. The van der Waals surface area contributed by atoms with Crippen molar-refractivity contribution < 1.29 is 4.74 Å². The standard InChI is InChI=1S/C22H25N5O2S/c28-22-11-19(17-1-6-23-7-2-17)24-15-27(22)12-16-3-8-26(9-4-16)13-21-25-18-5-10-29-14-20(18)30-21/h1-2,6-7,11,15-16H,3-5,8-10,12-14H2. The summed E-state index contributed by atoms with van der Waals surface area (Å²) in [6, 6.07) is 5.36. The smallest absolute Gasteiger partial charge is 0.253 e. The number of piperidine rings is 1. The molecule has 2 aliphatic heterocycles. The van der Waals surface area contributed by atoms with Gasteiger partial charge in [0.05, 0.1) is 42.4 Å². The molecular weight excluding hydrogens is 398 g/mol. The third-order valence-electron chi connectivity index (χ3n) is 5.92. The van der Waals surface area contributed by atoms with E-state index in [1.54, 1.807) is 40.7 Å². The zero-order valence-electron chi connectivity index (χ0n) is 16.9. The summed E-state index contributed by atoms with van der Waals surface area (Å²) in [4.78, 5) is 29.7. The Kier molecular flexibility index (Phi) is 5.70. The summed E-state index contributed by atoms with van der Waals surface area (Å²) in [6.45, 7) is 5.26. The summed E-state index contributed by atoms with van der Waals surface area (Å²) in [5, 5.41) is 1.20. The lowest BCUT2D eigenvalue weighted by Crippen LogP contribution is -2.36. The quantitative estimate of drug-likeness (QED) is 0.628. The molecule has 156 valence electrons. The minimum absolute atomic E-state index is 0.00910. The number of nitrogens with zero attached hydrogens (tertiary/aromatic N) is 5. The number of pyridine rings is 1. The maximum Gasteiger partial charge on any atom is 0.253 e. The zero-order valence-corrected chi connectivity index (χ0v) is 17.7. The Morgan fingerprint density at radius 2 is 2.03 bits per heavy atom. The van der Waals surface area contributed by atoms with Gasteiger partial charge in [0, 0.05) is 37.0 Å². The number of aromatic nitrogens is 4. The van der Waals surface area contributed by atoms with Gasteiger partial charge in [0.1, 0.15) is 5.01 Å². The van der Waals surface area contributed by atoms with Gasteiger partial charge < -0.3 is 4.74 Å². The lowest BCUT2D eigenvalue weighted by Gasteiger charge is -2.31. The SMILES string of the molecule is O=c1cc(-c2ccncc2)ncn1CC1CCN(Cc2nc3c(s2)COCC3)CC1. The Balaban J connectivity index is 1.16. The molecule has 2 aliphatic rings. The topological polar surface area (TPSA) is 73.1 Å². The summed E-state index contributed by atoms with van der Waals surface area (Å²) in [7, 11) is 0. The van der Waals surface area contributed by atoms with Gasteiger partial charge >= 0.3 is 0 Å². The van der Waals surface area contributed by atoms with E-state index in [0.717, 1.165) is 64.2 Å². The monoisotopic (exact) mass is 423 g/mol. The van der Waals surface area contributed by atoms with Gasteiger partial charge in [-0.05, 0) is 44.0 Å². The molecule has 8 heteroatoms. The van der Waals surface area contributed by atoms with E-state index in [9.17, 15) is 4.79 Å². The van der Waals surface area contributed by atoms with Crippen LogP contribution in [0.3, 0.4) is 0 Å². The number of hydrogen-bond acceptors (Lipinski definition) is 7. The lowest BCUT2D eigenvalue weighted by atomic mass is 9.96. The summed E-state index contributed by atoms with van der Waals surface area (Å²) >= 11 is 1.80. The molecule has 0 spiro atoms. The van der Waals surface area contributed by atoms with Gasteiger partial charge in [0.25, 0.3) is 5.56 Å². The van der Waals surface area contributed by atoms with Crippen molar-refractivity contribution in [2.75, 3.05) is 19.7 Å². The van der Waals surface area contributed by atoms with E-state index in [2.05, 4.69) is 14.9 Å². The largest absolute Gasteiger partial charge is 0.375 e. The van der Waals surface area contributed by atoms with Gasteiger partial charge in [-0.1, -0.05) is 0 Å². The molecule has 3 aromatic heterocycles. The predicted octanol–water partition coefficient (Wildman–Crippen LogP) is 2.75. The number of likely N-dealkylation sites (tertiary alicyclic amines) is 1. The van der Waals surface area contributed by atoms with Crippen LogP contribution in [0.15, 0.2) is 41.7 Å². The Morgan fingerprint density at radius 1 is 1.20 bits per heavy atom. The van der Waals surface area contributed by atoms with E-state index in [0.29, 0.717) is 11.6 Å². The Morgan fingerprint density at radius 3 is 2.80 bits per heavy atom. The van der Waals surface area contributed by atoms with Crippen molar-refractivity contribution >= 4 is 11.3 Å². The van der Waals surface area contributed by atoms with Crippen LogP contribution in [0.25, 0.3) is 11.3 Å². The Bertz CT molecular complexity index is 1030. The van der Waals surface area contributed by atoms with Gasteiger partial charge in [-0.15, -0.1) is 11.3 Å². The van der Waals surface area contributed by atoms with Crippen LogP contribution in [0.5, 0.6) is 0 Å². The Labute approximate surface area is 179 Å². The zero-order chi connectivity index (χ0) is 20.3. The molecule has 0 aromatic carbocycles. The molecule has 5 rings (SSSR count). The molecule has 1 fully saturated rings. The first kappa shape index (κ1) is 19.5. The number of fused-ring (bicyclic) bond motifs is 1. The van der Waals surface area contributed by atoms with Crippen LogP contribution in [0.4, 0.5) is 0 Å². The van der Waals surface area contributed by atoms with Crippen molar-refractivity contribution in [3.05, 3.63) is 62.9 Å². The summed E-state index contributed by atoms with van der Waals surface area (Å²) in [6.07, 6.45) is 8.23. The van der Waals surface area contributed by atoms with Crippen molar-refractivity contribution in [3.63, 3.8) is 0 Å². The average Bonchev–Trinajstić information content (AvgIpc) is 3.19. The van der Waals surface area contributed by atoms with Crippen molar-refractivity contribution in [3.8, 4) is 11.3 Å². The van der Waals surface area contributed by atoms with Gasteiger partial charge in [0.2, 0.25) is 0 Å². The average molecular weight is 424 g/mol. The van der Waals surface area contributed by atoms with E-state index in [4.69, 9.17) is 9.72 Å². The normalized spacial score (nSPS) is 17.7. The van der Waals surface area contributed by atoms with Crippen LogP contribution in [-0.4, -0.2) is 44.1 Å². The summed E-state index contributed by atoms with van der Waals surface area (Å²) in [5.41, 5.74) is 2.86. The minimum Gasteiger partial charge on any atom is -0.375 e. The van der Waals surface area contributed by atoms with E-state index < -0.39 is 0 Å². The highest BCUT2D eigenvalue weighted by Crippen LogP contribution is 2.26. The fourth-order valence-electron chi connectivity index (χ4n) is 4.19. The fraction of sp³-hybridized carbons (Fsp3) is 0.455. The minimum atomic E-state index is 0.00910. The highest BCUT2D eigenvalue weighted by Gasteiger charge is 2.22. The molecule has 0 amide bonds. The molecule has 0 N–H and O–H groups in total. The van der Waals surface area contributed by atoms with Crippen LogP contribution in [-0.2, 0) is 30.9 Å². The van der Waals surface area contributed by atoms with Crippen LogP contribution in [0.2, 0.25) is 0 Å². The van der Waals surface area contributed by atoms with Gasteiger partial charge in [-0.2, -0.15) is 0 Å². The van der Waals surface area contributed by atoms with E-state index in [1.165, 1.54) is 15.6 Å². The highest BCUT2D eigenvalue weighted by molar-refractivity contribution is 7.11. The summed E-state index contributed by atoms with van der Waals surface area (Å²) in [5.74, 6) is 0.505. The second kappa shape index (κ2) is 8.75. The number of ether oxygens (including phenoxy) is 1. The van der Waals surface area contributed by atoms with Crippen molar-refractivity contribution in [1.82, 2.24) is 24.4 Å². The number of hydrogen-bond donors (Lipinski definition) is 0. The molecule has 0 saturated carbocycles. The molecule has 0 radical (unpaired) electrons. The molecule has 0 bridgehead atoms. The molecule has 0 aliphatic carbocycles. The first-order chi connectivity index (χ1) is 14.7. The lowest BCUT2D eigenvalue weighted by molar-refractivity contribution is 0.112. The van der Waals surface area contributed by atoms with Crippen LogP contribution < -0.4 is 5.56 Å². The van der Waals surface area contributed by atoms with Crippen molar-refractivity contribution in [1.29, 1.82) is 0 Å². The van der Waals surface area contributed by atoms with Gasteiger partial charge in [0.15, 0.2) is 0 Å². The molecule has 7 nitrogen and oxygen atoms in total. The molecule has 0 unspecified atom stereocenters. The number of rotatable bonds is 5. The fourth-order valence-corrected chi connectivity index (χ4v) is 5.28. The van der Waals surface area contributed by atoms with Gasteiger partial charge in [-0.3, -0.25) is 19.2 Å². The molecule has 5 heterocycles. The van der Waals surface area contributed by atoms with Crippen LogP contribution in [0.1, 0.15) is 28.4 Å². The third kappa shape index (κ3) is 4.35. The predicted molar refractivity (Wildman–Crippen MR) is 115 cm³/mol. The molecule has 3 aromatic rings.